The van der Waals surface area contributed by atoms with Gasteiger partial charge < -0.3 is 15.3 Å². The molecule has 1 aliphatic heterocycles. The molecule has 0 radical (unpaired) electrons. The van der Waals surface area contributed by atoms with E-state index in [1.807, 2.05) is 6.92 Å². The molecule has 6 heteroatoms. The van der Waals surface area contributed by atoms with Crippen LogP contribution in [0.25, 0.3) is 6.08 Å². The lowest BCUT2D eigenvalue weighted by molar-refractivity contribution is -0.131. The second-order valence-corrected chi connectivity index (χ2v) is 7.30. The largest absolute Gasteiger partial charge is 0.478 e. The number of hydrogen-bond donors (Lipinski definition) is 2. The Labute approximate surface area is 149 Å². The average Bonchev–Trinajstić information content (AvgIpc) is 3.02. The van der Waals surface area contributed by atoms with E-state index in [1.54, 1.807) is 6.20 Å². The summed E-state index contributed by atoms with van der Waals surface area (Å²) in [7, 11) is 0. The second kappa shape index (κ2) is 8.43. The highest BCUT2D eigenvalue weighted by Crippen LogP contribution is 2.26. The summed E-state index contributed by atoms with van der Waals surface area (Å²) in [5.74, 6) is 0.548. The van der Waals surface area contributed by atoms with Crippen LogP contribution in [-0.2, 0) is 4.79 Å². The molecular formula is C19H28N4O2. The minimum atomic E-state index is -0.967. The molecule has 0 aromatic carbocycles. The molecule has 1 saturated carbocycles. The zero-order chi connectivity index (χ0) is 17.6. The molecule has 0 amide bonds. The van der Waals surface area contributed by atoms with Crippen LogP contribution in [0.15, 0.2) is 12.3 Å². The van der Waals surface area contributed by atoms with Crippen molar-refractivity contribution in [2.75, 3.05) is 25.0 Å². The highest BCUT2D eigenvalue weighted by atomic mass is 16.4. The normalized spacial score (nSPS) is 22.5. The van der Waals surface area contributed by atoms with Crippen molar-refractivity contribution in [3.63, 3.8) is 0 Å². The monoisotopic (exact) mass is 344 g/mol. The Balaban J connectivity index is 1.51. The highest BCUT2D eigenvalue weighted by molar-refractivity contribution is 5.85. The predicted octanol–water partition coefficient (Wildman–Crippen LogP) is 2.95. The number of likely N-dealkylation sites (tertiary alicyclic amines) is 1. The number of carboxylic acids is 1. The van der Waals surface area contributed by atoms with E-state index in [0.717, 1.165) is 42.8 Å². The van der Waals surface area contributed by atoms with Crippen molar-refractivity contribution >= 4 is 18.0 Å². The van der Waals surface area contributed by atoms with Crippen LogP contribution in [0.2, 0.25) is 0 Å². The van der Waals surface area contributed by atoms with Gasteiger partial charge in [0.05, 0.1) is 5.69 Å². The Morgan fingerprint density at radius 1 is 1.36 bits per heavy atom. The lowest BCUT2D eigenvalue weighted by Gasteiger charge is -2.26. The Kier molecular flexibility index (Phi) is 6.02. The molecule has 136 valence electrons. The fourth-order valence-corrected chi connectivity index (χ4v) is 3.90. The summed E-state index contributed by atoms with van der Waals surface area (Å²) in [6, 6.07) is 0.392. The van der Waals surface area contributed by atoms with Crippen molar-refractivity contribution in [3.8, 4) is 0 Å². The van der Waals surface area contributed by atoms with E-state index < -0.39 is 5.97 Å². The summed E-state index contributed by atoms with van der Waals surface area (Å²) < 4.78 is 0. The van der Waals surface area contributed by atoms with Gasteiger partial charge in [0, 0.05) is 43.5 Å². The first kappa shape index (κ1) is 17.9. The number of anilines is 1. The Morgan fingerprint density at radius 2 is 2.16 bits per heavy atom. The minimum Gasteiger partial charge on any atom is -0.478 e. The van der Waals surface area contributed by atoms with Gasteiger partial charge >= 0.3 is 5.97 Å². The first-order chi connectivity index (χ1) is 12.1. The van der Waals surface area contributed by atoms with Gasteiger partial charge in [0.1, 0.15) is 0 Å². The molecule has 1 aliphatic carbocycles. The highest BCUT2D eigenvalue weighted by Gasteiger charge is 2.25. The van der Waals surface area contributed by atoms with Gasteiger partial charge in [-0.3, -0.25) is 0 Å². The lowest BCUT2D eigenvalue weighted by Crippen LogP contribution is -2.31. The molecule has 1 unspecified atom stereocenters. The number of nitrogens with zero attached hydrogens (tertiary/aromatic N) is 3. The maximum atomic E-state index is 10.6. The maximum Gasteiger partial charge on any atom is 0.328 e. The van der Waals surface area contributed by atoms with E-state index in [9.17, 15) is 4.79 Å². The summed E-state index contributed by atoms with van der Waals surface area (Å²) in [6.45, 7) is 5.31. The third-order valence-corrected chi connectivity index (χ3v) is 5.27. The second-order valence-electron chi connectivity index (χ2n) is 7.30. The standard InChI is InChI=1S/C19H28N4O2/c1-14-16(7-8-18(24)25)11-20-19(21-14)22-17-9-10-23(13-17)12-15-5-3-2-4-6-15/h7-8,11,15,17H,2-6,9-10,12-13H2,1H3,(H,24,25)(H,20,21,22)/b8-7+. The third kappa shape index (κ3) is 5.26. The first-order valence-electron chi connectivity index (χ1n) is 9.33. The number of nitrogens with one attached hydrogen (secondary N) is 1. The summed E-state index contributed by atoms with van der Waals surface area (Å²) in [4.78, 5) is 22.0. The number of hydrogen-bond acceptors (Lipinski definition) is 5. The molecule has 1 saturated heterocycles. The zero-order valence-corrected chi connectivity index (χ0v) is 14.9. The Bertz CT molecular complexity index is 626. The van der Waals surface area contributed by atoms with Crippen LogP contribution in [-0.4, -0.2) is 51.6 Å². The van der Waals surface area contributed by atoms with E-state index in [1.165, 1.54) is 44.7 Å². The van der Waals surface area contributed by atoms with E-state index >= 15 is 0 Å². The van der Waals surface area contributed by atoms with Crippen LogP contribution >= 0.6 is 0 Å². The average molecular weight is 344 g/mol. The van der Waals surface area contributed by atoms with Crippen LogP contribution in [0.3, 0.4) is 0 Å². The van der Waals surface area contributed by atoms with Gasteiger partial charge in [-0.25, -0.2) is 14.8 Å². The molecule has 1 atom stereocenters. The minimum absolute atomic E-state index is 0.392. The molecule has 1 aromatic heterocycles. The van der Waals surface area contributed by atoms with Crippen molar-refractivity contribution in [1.82, 2.24) is 14.9 Å². The molecule has 0 spiro atoms. The number of aromatic nitrogens is 2. The van der Waals surface area contributed by atoms with E-state index in [4.69, 9.17) is 5.11 Å². The maximum absolute atomic E-state index is 10.6. The summed E-state index contributed by atoms with van der Waals surface area (Å²) in [5, 5.41) is 12.1. The first-order valence-corrected chi connectivity index (χ1v) is 9.33. The van der Waals surface area contributed by atoms with E-state index in [2.05, 4.69) is 20.2 Å². The van der Waals surface area contributed by atoms with Crippen LogP contribution in [0, 0.1) is 12.8 Å². The quantitative estimate of drug-likeness (QED) is 0.773. The van der Waals surface area contributed by atoms with Crippen LogP contribution in [0.5, 0.6) is 0 Å². The summed E-state index contributed by atoms with van der Waals surface area (Å²) in [6.07, 6.45) is 12.4. The van der Waals surface area contributed by atoms with Crippen molar-refractivity contribution in [2.24, 2.45) is 5.92 Å². The smallest absolute Gasteiger partial charge is 0.328 e. The summed E-state index contributed by atoms with van der Waals surface area (Å²) >= 11 is 0. The van der Waals surface area contributed by atoms with Gasteiger partial charge in [0.25, 0.3) is 0 Å². The molecule has 0 bridgehead atoms. The zero-order valence-electron chi connectivity index (χ0n) is 14.9. The molecule has 2 heterocycles. The molecule has 2 N–H and O–H groups in total. The van der Waals surface area contributed by atoms with Crippen LogP contribution in [0.4, 0.5) is 5.95 Å². The van der Waals surface area contributed by atoms with Crippen molar-refractivity contribution in [2.45, 2.75) is 51.5 Å². The lowest BCUT2D eigenvalue weighted by atomic mass is 9.89. The van der Waals surface area contributed by atoms with Gasteiger partial charge in [-0.2, -0.15) is 0 Å². The predicted molar refractivity (Wildman–Crippen MR) is 98.5 cm³/mol. The molecule has 2 aliphatic rings. The Hall–Kier alpha value is -1.95. The summed E-state index contributed by atoms with van der Waals surface area (Å²) in [5.41, 5.74) is 1.52. The van der Waals surface area contributed by atoms with Crippen LogP contribution in [0.1, 0.15) is 49.8 Å². The number of rotatable bonds is 6. The van der Waals surface area contributed by atoms with Gasteiger partial charge in [-0.15, -0.1) is 0 Å². The third-order valence-electron chi connectivity index (χ3n) is 5.27. The fourth-order valence-electron chi connectivity index (χ4n) is 3.90. The van der Waals surface area contributed by atoms with Gasteiger partial charge in [-0.05, 0) is 38.2 Å². The van der Waals surface area contributed by atoms with E-state index in [0.29, 0.717) is 12.0 Å². The topological polar surface area (TPSA) is 78.4 Å². The number of aryl methyl sites for hydroxylation is 1. The molecule has 25 heavy (non-hydrogen) atoms. The molecule has 2 fully saturated rings. The Morgan fingerprint density at radius 3 is 2.88 bits per heavy atom. The SMILES string of the molecule is Cc1nc(NC2CCN(CC3CCCCC3)C2)ncc1/C=C/C(=O)O. The van der Waals surface area contributed by atoms with Gasteiger partial charge in [0.15, 0.2) is 0 Å². The number of carboxylic acid groups (broad SMARTS) is 1. The van der Waals surface area contributed by atoms with Crippen molar-refractivity contribution in [1.29, 1.82) is 0 Å². The van der Waals surface area contributed by atoms with Gasteiger partial charge in [0.2, 0.25) is 5.95 Å². The fraction of sp³-hybridized carbons (Fsp3) is 0.632. The molecule has 6 nitrogen and oxygen atoms in total. The molecular weight excluding hydrogens is 316 g/mol. The van der Waals surface area contributed by atoms with Crippen molar-refractivity contribution in [3.05, 3.63) is 23.5 Å². The van der Waals surface area contributed by atoms with Gasteiger partial charge in [-0.1, -0.05) is 19.3 Å². The number of aliphatic carboxylic acids is 1. The molecule has 1 aromatic rings. The van der Waals surface area contributed by atoms with Crippen LogP contribution < -0.4 is 5.32 Å². The molecule has 3 rings (SSSR count). The van der Waals surface area contributed by atoms with E-state index in [-0.39, 0.29) is 0 Å². The number of carbonyl (C=O) groups is 1. The van der Waals surface area contributed by atoms with Crippen molar-refractivity contribution < 1.29 is 9.90 Å².